The molecule has 1 aromatic carbocycles. The number of H-pyrrole nitrogens is 1. The fraction of sp³-hybridized carbons (Fsp3) is 0.214. The normalized spacial score (nSPS) is 10.2. The maximum Gasteiger partial charge on any atom is 0.276 e. The Labute approximate surface area is 116 Å². The summed E-state index contributed by atoms with van der Waals surface area (Å²) in [6.45, 7) is 5.14. The van der Waals surface area contributed by atoms with Crippen molar-refractivity contribution < 1.29 is 9.59 Å². The highest BCUT2D eigenvalue weighted by atomic mass is 16.2. The first-order chi connectivity index (χ1) is 9.45. The lowest BCUT2D eigenvalue weighted by Crippen LogP contribution is -2.14. The number of aryl methyl sites for hydroxylation is 2. The monoisotopic (exact) mass is 272 g/mol. The number of anilines is 2. The van der Waals surface area contributed by atoms with Gasteiger partial charge in [-0.25, -0.2) is 0 Å². The van der Waals surface area contributed by atoms with Gasteiger partial charge in [-0.2, -0.15) is 5.10 Å². The van der Waals surface area contributed by atoms with Crippen LogP contribution in [0.4, 0.5) is 11.4 Å². The number of nitrogens with zero attached hydrogens (tertiary/aromatic N) is 1. The van der Waals surface area contributed by atoms with Gasteiger partial charge in [-0.3, -0.25) is 14.7 Å². The summed E-state index contributed by atoms with van der Waals surface area (Å²) in [4.78, 5) is 23.1. The van der Waals surface area contributed by atoms with Crippen LogP contribution in [0.3, 0.4) is 0 Å². The van der Waals surface area contributed by atoms with Crippen molar-refractivity contribution in [2.75, 3.05) is 10.6 Å². The molecule has 0 unspecified atom stereocenters. The molecule has 0 fully saturated rings. The van der Waals surface area contributed by atoms with Crippen molar-refractivity contribution in [1.82, 2.24) is 10.2 Å². The number of nitrogens with one attached hydrogen (secondary N) is 3. The molecule has 2 rings (SSSR count). The molecule has 6 heteroatoms. The summed E-state index contributed by atoms with van der Waals surface area (Å²) in [5, 5.41) is 12.1. The van der Waals surface area contributed by atoms with Gasteiger partial charge < -0.3 is 10.6 Å². The highest BCUT2D eigenvalue weighted by molar-refractivity contribution is 6.03. The third-order valence-electron chi connectivity index (χ3n) is 2.74. The number of hydrogen-bond donors (Lipinski definition) is 3. The summed E-state index contributed by atoms with van der Waals surface area (Å²) in [6.07, 6.45) is 0. The van der Waals surface area contributed by atoms with E-state index in [9.17, 15) is 9.59 Å². The first-order valence-corrected chi connectivity index (χ1v) is 6.17. The lowest BCUT2D eigenvalue weighted by Gasteiger charge is -2.10. The van der Waals surface area contributed by atoms with Crippen LogP contribution in [0, 0.1) is 13.8 Å². The van der Waals surface area contributed by atoms with Crippen LogP contribution in [0.2, 0.25) is 0 Å². The number of hydrogen-bond acceptors (Lipinski definition) is 3. The summed E-state index contributed by atoms with van der Waals surface area (Å²) in [5.41, 5.74) is 3.32. The van der Waals surface area contributed by atoms with Gasteiger partial charge in [0, 0.05) is 24.0 Å². The van der Waals surface area contributed by atoms with Crippen molar-refractivity contribution in [3.8, 4) is 0 Å². The Morgan fingerprint density at radius 1 is 1.15 bits per heavy atom. The van der Waals surface area contributed by atoms with E-state index < -0.39 is 0 Å². The topological polar surface area (TPSA) is 86.9 Å². The SMILES string of the molecule is CC(=O)Nc1ccc(C)c(NC(=O)c2cc(C)[nH]n2)c1. The first-order valence-electron chi connectivity index (χ1n) is 6.17. The van der Waals surface area contributed by atoms with E-state index in [4.69, 9.17) is 0 Å². The van der Waals surface area contributed by atoms with E-state index in [1.54, 1.807) is 18.2 Å². The van der Waals surface area contributed by atoms with Crippen molar-refractivity contribution in [1.29, 1.82) is 0 Å². The molecule has 0 spiro atoms. The lowest BCUT2D eigenvalue weighted by molar-refractivity contribution is -0.114. The van der Waals surface area contributed by atoms with Crippen LogP contribution < -0.4 is 10.6 Å². The molecule has 6 nitrogen and oxygen atoms in total. The Balaban J connectivity index is 2.19. The molecule has 0 aliphatic rings. The number of amides is 2. The number of benzene rings is 1. The smallest absolute Gasteiger partial charge is 0.276 e. The molecule has 0 radical (unpaired) electrons. The molecule has 0 saturated carbocycles. The van der Waals surface area contributed by atoms with E-state index in [1.807, 2.05) is 19.9 Å². The van der Waals surface area contributed by atoms with E-state index in [0.717, 1.165) is 11.3 Å². The van der Waals surface area contributed by atoms with Gasteiger partial charge in [0.05, 0.1) is 0 Å². The highest BCUT2D eigenvalue weighted by Gasteiger charge is 2.11. The molecule has 2 aromatic rings. The molecule has 20 heavy (non-hydrogen) atoms. The second-order valence-electron chi connectivity index (χ2n) is 4.60. The summed E-state index contributed by atoms with van der Waals surface area (Å²) < 4.78 is 0. The molecule has 0 atom stereocenters. The number of carbonyl (C=O) groups is 2. The molecular weight excluding hydrogens is 256 g/mol. The average molecular weight is 272 g/mol. The van der Waals surface area contributed by atoms with E-state index in [-0.39, 0.29) is 11.8 Å². The molecule has 3 N–H and O–H groups in total. The van der Waals surface area contributed by atoms with Crippen LogP contribution >= 0.6 is 0 Å². The Kier molecular flexibility index (Phi) is 3.84. The minimum Gasteiger partial charge on any atom is -0.326 e. The van der Waals surface area contributed by atoms with Crippen LogP contribution in [-0.4, -0.2) is 22.0 Å². The molecule has 1 heterocycles. The second-order valence-corrected chi connectivity index (χ2v) is 4.60. The minimum absolute atomic E-state index is 0.158. The minimum atomic E-state index is -0.294. The predicted octanol–water partition coefficient (Wildman–Crippen LogP) is 2.24. The largest absolute Gasteiger partial charge is 0.326 e. The van der Waals surface area contributed by atoms with Gasteiger partial charge in [0.15, 0.2) is 5.69 Å². The summed E-state index contributed by atoms with van der Waals surface area (Å²) in [5.74, 6) is -0.452. The van der Waals surface area contributed by atoms with Gasteiger partial charge in [-0.15, -0.1) is 0 Å². The zero-order valence-electron chi connectivity index (χ0n) is 11.6. The van der Waals surface area contributed by atoms with Gasteiger partial charge in [-0.05, 0) is 37.6 Å². The fourth-order valence-corrected chi connectivity index (χ4v) is 1.76. The van der Waals surface area contributed by atoms with E-state index in [2.05, 4.69) is 20.8 Å². The van der Waals surface area contributed by atoms with Crippen LogP contribution in [0.25, 0.3) is 0 Å². The molecule has 104 valence electrons. The van der Waals surface area contributed by atoms with Gasteiger partial charge in [0.1, 0.15) is 0 Å². The fourth-order valence-electron chi connectivity index (χ4n) is 1.76. The Morgan fingerprint density at radius 2 is 1.90 bits per heavy atom. The van der Waals surface area contributed by atoms with Crippen LogP contribution in [0.5, 0.6) is 0 Å². The average Bonchev–Trinajstić information content (AvgIpc) is 2.79. The van der Waals surface area contributed by atoms with Gasteiger partial charge >= 0.3 is 0 Å². The maximum atomic E-state index is 12.0. The zero-order valence-corrected chi connectivity index (χ0v) is 11.6. The van der Waals surface area contributed by atoms with Gasteiger partial charge in [0.25, 0.3) is 5.91 Å². The van der Waals surface area contributed by atoms with Crippen molar-refractivity contribution in [3.63, 3.8) is 0 Å². The van der Waals surface area contributed by atoms with Crippen molar-refractivity contribution in [3.05, 3.63) is 41.2 Å². The highest BCUT2D eigenvalue weighted by Crippen LogP contribution is 2.21. The predicted molar refractivity (Wildman–Crippen MR) is 76.8 cm³/mol. The summed E-state index contributed by atoms with van der Waals surface area (Å²) in [6, 6.07) is 7.00. The Hall–Kier alpha value is -2.63. The Morgan fingerprint density at radius 3 is 2.50 bits per heavy atom. The number of aromatic amines is 1. The number of rotatable bonds is 3. The van der Waals surface area contributed by atoms with Crippen LogP contribution in [0.1, 0.15) is 28.7 Å². The molecule has 0 saturated heterocycles. The zero-order chi connectivity index (χ0) is 14.7. The summed E-state index contributed by atoms with van der Waals surface area (Å²) in [7, 11) is 0. The summed E-state index contributed by atoms with van der Waals surface area (Å²) >= 11 is 0. The van der Waals surface area contributed by atoms with Crippen molar-refractivity contribution >= 4 is 23.2 Å². The Bertz CT molecular complexity index is 661. The first kappa shape index (κ1) is 13.8. The third kappa shape index (κ3) is 3.23. The molecule has 0 bridgehead atoms. The standard InChI is InChI=1S/C14H16N4O2/c1-8-4-5-11(15-10(3)19)7-12(8)16-14(20)13-6-9(2)17-18-13/h4-7H,1-3H3,(H,15,19)(H,16,20)(H,17,18). The van der Waals surface area contributed by atoms with Gasteiger partial charge in [-0.1, -0.05) is 6.07 Å². The molecule has 0 aliphatic carbocycles. The third-order valence-corrected chi connectivity index (χ3v) is 2.74. The van der Waals surface area contributed by atoms with Crippen LogP contribution in [-0.2, 0) is 4.79 Å². The van der Waals surface area contributed by atoms with Crippen molar-refractivity contribution in [2.45, 2.75) is 20.8 Å². The lowest BCUT2D eigenvalue weighted by atomic mass is 10.1. The molecule has 1 aromatic heterocycles. The molecular formula is C14H16N4O2. The number of carbonyl (C=O) groups excluding carboxylic acids is 2. The molecule has 2 amide bonds. The van der Waals surface area contributed by atoms with Crippen LogP contribution in [0.15, 0.2) is 24.3 Å². The quantitative estimate of drug-likeness (QED) is 0.800. The van der Waals surface area contributed by atoms with E-state index in [0.29, 0.717) is 17.1 Å². The molecule has 0 aliphatic heterocycles. The van der Waals surface area contributed by atoms with E-state index >= 15 is 0 Å². The maximum absolute atomic E-state index is 12.0. The number of aromatic nitrogens is 2. The van der Waals surface area contributed by atoms with E-state index in [1.165, 1.54) is 6.92 Å². The second kappa shape index (κ2) is 5.56. The van der Waals surface area contributed by atoms with Gasteiger partial charge in [0.2, 0.25) is 5.91 Å². The van der Waals surface area contributed by atoms with Crippen molar-refractivity contribution in [2.24, 2.45) is 0 Å².